The Balaban J connectivity index is 2.03. The first-order chi connectivity index (χ1) is 13.7. The second-order valence-corrected chi connectivity index (χ2v) is 7.90. The molecule has 0 radical (unpaired) electrons. The van der Waals surface area contributed by atoms with Crippen LogP contribution in [0.5, 0.6) is 0 Å². The number of alkyl halides is 1. The van der Waals surface area contributed by atoms with E-state index in [-0.39, 0.29) is 23.6 Å². The summed E-state index contributed by atoms with van der Waals surface area (Å²) in [5.74, 6) is -0.321. The molecule has 0 heterocycles. The summed E-state index contributed by atoms with van der Waals surface area (Å²) in [6.45, 7) is 4.23. The third-order valence-corrected chi connectivity index (χ3v) is 5.19. The monoisotopic (exact) mass is 439 g/mol. The second kappa shape index (κ2) is 10.5. The highest BCUT2D eigenvalue weighted by atomic mass is 35.5. The highest BCUT2D eigenvalue weighted by Gasteiger charge is 2.26. The number of anilines is 2. The molecule has 0 atom stereocenters. The maximum atomic E-state index is 13.3. The van der Waals surface area contributed by atoms with Gasteiger partial charge in [-0.15, -0.1) is 11.6 Å². The number of halogens is 3. The summed E-state index contributed by atoms with van der Waals surface area (Å²) in [5, 5.41) is 6.19. The van der Waals surface area contributed by atoms with Gasteiger partial charge in [-0.3, -0.25) is 9.69 Å². The van der Waals surface area contributed by atoms with Crippen LogP contribution in [0.1, 0.15) is 20.3 Å². The first-order valence-electron chi connectivity index (χ1n) is 9.17. The van der Waals surface area contributed by atoms with Crippen LogP contribution in [-0.4, -0.2) is 30.9 Å². The molecule has 0 spiro atoms. The highest BCUT2D eigenvalue weighted by Crippen LogP contribution is 2.19. The summed E-state index contributed by atoms with van der Waals surface area (Å²) < 4.78 is 13.3. The number of amides is 3. The maximum absolute atomic E-state index is 13.3. The van der Waals surface area contributed by atoms with Crippen molar-refractivity contribution in [3.8, 4) is 0 Å². The number of hydrogen-bond acceptors (Lipinski definition) is 2. The Morgan fingerprint density at radius 1 is 1.07 bits per heavy atom. The molecule has 0 aliphatic carbocycles. The summed E-state index contributed by atoms with van der Waals surface area (Å²) in [6, 6.07) is 12.0. The van der Waals surface area contributed by atoms with E-state index in [1.807, 2.05) is 0 Å². The van der Waals surface area contributed by atoms with Crippen LogP contribution >= 0.6 is 23.2 Å². The third-order valence-electron chi connectivity index (χ3n) is 4.27. The van der Waals surface area contributed by atoms with E-state index in [4.69, 9.17) is 23.2 Å². The molecule has 2 aromatic carbocycles. The van der Waals surface area contributed by atoms with Gasteiger partial charge in [0.15, 0.2) is 0 Å². The molecule has 0 aromatic heterocycles. The zero-order valence-corrected chi connectivity index (χ0v) is 17.9. The molecule has 2 N–H and O–H groups in total. The lowest BCUT2D eigenvalue weighted by Gasteiger charge is -2.24. The number of rotatable bonds is 8. The summed E-state index contributed by atoms with van der Waals surface area (Å²) >= 11 is 11.7. The van der Waals surface area contributed by atoms with Crippen LogP contribution in [0.25, 0.3) is 0 Å². The lowest BCUT2D eigenvalue weighted by molar-refractivity contribution is -0.128. The molecule has 0 saturated carbocycles. The van der Waals surface area contributed by atoms with Gasteiger partial charge in [0.25, 0.3) is 0 Å². The quantitative estimate of drug-likeness (QED) is 0.433. The van der Waals surface area contributed by atoms with E-state index in [0.29, 0.717) is 35.9 Å². The van der Waals surface area contributed by atoms with Crippen LogP contribution < -0.4 is 15.5 Å². The van der Waals surface area contributed by atoms with Crippen molar-refractivity contribution in [2.24, 2.45) is 5.41 Å². The molecule has 0 fully saturated rings. The van der Waals surface area contributed by atoms with E-state index < -0.39 is 5.41 Å². The van der Waals surface area contributed by atoms with Gasteiger partial charge in [0, 0.05) is 35.4 Å². The van der Waals surface area contributed by atoms with E-state index in [0.717, 1.165) is 0 Å². The van der Waals surface area contributed by atoms with Crippen LogP contribution in [-0.2, 0) is 4.79 Å². The standard InChI is InChI=1S/C21H24Cl2FN3O2/c1-21(2,14-22)19(28)25-12-3-13-27(18-10-6-16(24)7-11-18)20(29)26-17-8-4-15(23)5-9-17/h4-11H,3,12-14H2,1-2H3,(H,25,28)(H,26,29). The SMILES string of the molecule is CC(C)(CCl)C(=O)NCCCN(C(=O)Nc1ccc(Cl)cc1)c1ccc(F)cc1. The molecule has 156 valence electrons. The normalized spacial score (nSPS) is 11.1. The van der Waals surface area contributed by atoms with E-state index in [1.54, 1.807) is 38.1 Å². The van der Waals surface area contributed by atoms with Gasteiger partial charge < -0.3 is 10.6 Å². The van der Waals surface area contributed by atoms with E-state index in [9.17, 15) is 14.0 Å². The van der Waals surface area contributed by atoms with Crippen molar-refractivity contribution in [2.45, 2.75) is 20.3 Å². The number of carbonyl (C=O) groups is 2. The average Bonchev–Trinajstić information content (AvgIpc) is 2.70. The van der Waals surface area contributed by atoms with Gasteiger partial charge in [0.1, 0.15) is 5.82 Å². The van der Waals surface area contributed by atoms with Crippen molar-refractivity contribution in [3.05, 3.63) is 59.4 Å². The Hall–Kier alpha value is -2.31. The first-order valence-corrected chi connectivity index (χ1v) is 10.1. The Kier molecular flexibility index (Phi) is 8.29. The first kappa shape index (κ1) is 23.0. The largest absolute Gasteiger partial charge is 0.356 e. The smallest absolute Gasteiger partial charge is 0.326 e. The average molecular weight is 440 g/mol. The van der Waals surface area contributed by atoms with Crippen molar-refractivity contribution >= 4 is 46.5 Å². The third kappa shape index (κ3) is 6.91. The second-order valence-electron chi connectivity index (χ2n) is 7.19. The van der Waals surface area contributed by atoms with Crippen molar-refractivity contribution in [1.82, 2.24) is 5.32 Å². The number of nitrogens with zero attached hydrogens (tertiary/aromatic N) is 1. The predicted octanol–water partition coefficient (Wildman–Crippen LogP) is 5.29. The Morgan fingerprint density at radius 2 is 1.69 bits per heavy atom. The number of urea groups is 1. The van der Waals surface area contributed by atoms with Crippen LogP contribution in [0.15, 0.2) is 48.5 Å². The number of hydrogen-bond donors (Lipinski definition) is 2. The summed E-state index contributed by atoms with van der Waals surface area (Å²) in [5.41, 5.74) is 0.471. The van der Waals surface area contributed by atoms with Gasteiger partial charge >= 0.3 is 6.03 Å². The van der Waals surface area contributed by atoms with Crippen molar-refractivity contribution in [3.63, 3.8) is 0 Å². The van der Waals surface area contributed by atoms with E-state index >= 15 is 0 Å². The molecule has 0 aliphatic heterocycles. The van der Waals surface area contributed by atoms with E-state index in [2.05, 4.69) is 10.6 Å². The minimum absolute atomic E-state index is 0.147. The van der Waals surface area contributed by atoms with Gasteiger partial charge in [-0.1, -0.05) is 11.6 Å². The lowest BCUT2D eigenvalue weighted by Crippen LogP contribution is -2.41. The van der Waals surface area contributed by atoms with Crippen molar-refractivity contribution < 1.29 is 14.0 Å². The molecule has 5 nitrogen and oxygen atoms in total. The van der Waals surface area contributed by atoms with Gasteiger partial charge in [0.05, 0.1) is 5.41 Å². The molecular formula is C21H24Cl2FN3O2. The molecule has 0 unspecified atom stereocenters. The summed E-state index contributed by atoms with van der Waals surface area (Å²) in [7, 11) is 0. The van der Waals surface area contributed by atoms with Crippen LogP contribution in [0.2, 0.25) is 5.02 Å². The predicted molar refractivity (Wildman–Crippen MR) is 116 cm³/mol. The molecule has 2 rings (SSSR count). The Bertz CT molecular complexity index is 827. The van der Waals surface area contributed by atoms with Gasteiger partial charge in [0.2, 0.25) is 5.91 Å². The minimum atomic E-state index is -0.663. The molecule has 3 amide bonds. The number of benzene rings is 2. The molecule has 29 heavy (non-hydrogen) atoms. The molecular weight excluding hydrogens is 416 g/mol. The molecule has 2 aromatic rings. The number of carbonyl (C=O) groups excluding carboxylic acids is 2. The molecule has 0 saturated heterocycles. The van der Waals surface area contributed by atoms with Gasteiger partial charge in [-0.25, -0.2) is 9.18 Å². The van der Waals surface area contributed by atoms with Gasteiger partial charge in [-0.05, 0) is 68.8 Å². The Morgan fingerprint density at radius 3 is 2.28 bits per heavy atom. The van der Waals surface area contributed by atoms with Crippen molar-refractivity contribution in [2.75, 3.05) is 29.2 Å². The lowest BCUT2D eigenvalue weighted by atomic mass is 9.95. The van der Waals surface area contributed by atoms with Gasteiger partial charge in [-0.2, -0.15) is 0 Å². The molecule has 0 bridgehead atoms. The van der Waals surface area contributed by atoms with Crippen LogP contribution in [0.3, 0.4) is 0 Å². The van der Waals surface area contributed by atoms with E-state index in [1.165, 1.54) is 29.2 Å². The zero-order chi connectivity index (χ0) is 21.4. The topological polar surface area (TPSA) is 61.4 Å². The van der Waals surface area contributed by atoms with Crippen LogP contribution in [0.4, 0.5) is 20.6 Å². The maximum Gasteiger partial charge on any atom is 0.326 e. The summed E-state index contributed by atoms with van der Waals surface area (Å²) in [6.07, 6.45) is 0.509. The van der Waals surface area contributed by atoms with Crippen LogP contribution in [0, 0.1) is 11.2 Å². The molecule has 0 aliphatic rings. The number of nitrogens with one attached hydrogen (secondary N) is 2. The fourth-order valence-electron chi connectivity index (χ4n) is 2.43. The fourth-order valence-corrected chi connectivity index (χ4v) is 2.68. The highest BCUT2D eigenvalue weighted by molar-refractivity contribution is 6.30. The minimum Gasteiger partial charge on any atom is -0.356 e. The van der Waals surface area contributed by atoms with Crippen molar-refractivity contribution in [1.29, 1.82) is 0 Å². The Labute approximate surface area is 180 Å². The summed E-state index contributed by atoms with van der Waals surface area (Å²) in [4.78, 5) is 26.4. The molecule has 8 heteroatoms. The fraction of sp³-hybridized carbons (Fsp3) is 0.333. The zero-order valence-electron chi connectivity index (χ0n) is 16.3.